The van der Waals surface area contributed by atoms with E-state index in [-0.39, 0.29) is 12.1 Å². The molecule has 1 aromatic rings. The van der Waals surface area contributed by atoms with Crippen molar-refractivity contribution in [2.75, 3.05) is 31.6 Å². The Balaban J connectivity index is 2.13. The van der Waals surface area contributed by atoms with Crippen molar-refractivity contribution in [2.24, 2.45) is 0 Å². The third-order valence-corrected chi connectivity index (χ3v) is 5.01. The van der Waals surface area contributed by atoms with Crippen LogP contribution in [0.15, 0.2) is 18.3 Å². The number of hydrogen-bond donors (Lipinski definition) is 0. The Hall–Kier alpha value is -2.31. The molecule has 0 bridgehead atoms. The number of nitrogens with zero attached hydrogens (tertiary/aromatic N) is 3. The normalized spacial score (nSPS) is 17.3. The van der Waals surface area contributed by atoms with Crippen LogP contribution in [0.25, 0.3) is 0 Å². The van der Waals surface area contributed by atoms with Gasteiger partial charge in [0, 0.05) is 25.8 Å². The molecule has 0 aromatic carbocycles. The maximum atomic E-state index is 12.5. The Kier molecular flexibility index (Phi) is 5.97. The van der Waals surface area contributed by atoms with Crippen molar-refractivity contribution in [1.82, 2.24) is 9.88 Å². The van der Waals surface area contributed by atoms with Gasteiger partial charge in [-0.15, -0.1) is 0 Å². The van der Waals surface area contributed by atoms with E-state index in [0.717, 1.165) is 11.4 Å². The lowest BCUT2D eigenvalue weighted by Crippen LogP contribution is -2.62. The number of carbonyl (C=O) groups is 2. The zero-order chi connectivity index (χ0) is 21.3. The van der Waals surface area contributed by atoms with Crippen LogP contribution in [0.3, 0.4) is 0 Å². The maximum Gasteiger partial charge on any atom is 0.410 e. The van der Waals surface area contributed by atoms with E-state index < -0.39 is 16.6 Å². The number of carbonyl (C=O) groups excluding carboxylic acids is 2. The third-order valence-electron chi connectivity index (χ3n) is 5.01. The summed E-state index contributed by atoms with van der Waals surface area (Å²) in [5, 5.41) is 0. The number of pyridine rings is 1. The molecule has 156 valence electrons. The van der Waals surface area contributed by atoms with Crippen molar-refractivity contribution < 1.29 is 19.1 Å². The Morgan fingerprint density at radius 2 is 1.75 bits per heavy atom. The molecule has 1 amide bonds. The first-order valence-corrected chi connectivity index (χ1v) is 9.58. The first-order valence-electron chi connectivity index (χ1n) is 9.58. The number of ether oxygens (including phenoxy) is 2. The molecule has 7 nitrogen and oxygen atoms in total. The standard InChI is InChI=1S/C21H33N3O4/c1-19(2,3)28-18(26)24-12-11-23(14-20(24,4)5)16-10-9-15(13-22-16)21(6,7)17(25)27-8/h9-10,13H,11-12,14H2,1-8H3. The molecule has 0 aliphatic carbocycles. The number of aromatic nitrogens is 1. The molecule has 0 unspecified atom stereocenters. The van der Waals surface area contributed by atoms with Gasteiger partial charge in [-0.25, -0.2) is 9.78 Å². The number of hydrogen-bond acceptors (Lipinski definition) is 6. The molecule has 1 fully saturated rings. The highest BCUT2D eigenvalue weighted by Crippen LogP contribution is 2.29. The highest BCUT2D eigenvalue weighted by molar-refractivity contribution is 5.82. The highest BCUT2D eigenvalue weighted by Gasteiger charge is 2.39. The Bertz CT molecular complexity index is 720. The first kappa shape index (κ1) is 22.0. The zero-order valence-corrected chi connectivity index (χ0v) is 18.3. The molecule has 0 N–H and O–H groups in total. The number of amides is 1. The van der Waals surface area contributed by atoms with Gasteiger partial charge in [0.1, 0.15) is 11.4 Å². The lowest BCUT2D eigenvalue weighted by Gasteiger charge is -2.47. The van der Waals surface area contributed by atoms with Gasteiger partial charge in [0.25, 0.3) is 0 Å². The van der Waals surface area contributed by atoms with Crippen LogP contribution in [0.1, 0.15) is 54.0 Å². The number of anilines is 1. The third kappa shape index (κ3) is 4.75. The predicted molar refractivity (Wildman–Crippen MR) is 109 cm³/mol. The van der Waals surface area contributed by atoms with Crippen LogP contribution in [0.4, 0.5) is 10.6 Å². The molecule has 1 aliphatic rings. The van der Waals surface area contributed by atoms with Crippen molar-refractivity contribution in [3.8, 4) is 0 Å². The largest absolute Gasteiger partial charge is 0.468 e. The Labute approximate surface area is 168 Å². The summed E-state index contributed by atoms with van der Waals surface area (Å²) in [5.41, 5.74) is -0.871. The molecule has 7 heteroatoms. The summed E-state index contributed by atoms with van der Waals surface area (Å²) in [6.45, 7) is 15.2. The van der Waals surface area contributed by atoms with Gasteiger partial charge < -0.3 is 14.4 Å². The molecule has 0 radical (unpaired) electrons. The summed E-state index contributed by atoms with van der Waals surface area (Å²) in [5.74, 6) is 0.524. The smallest absolute Gasteiger partial charge is 0.410 e. The van der Waals surface area contributed by atoms with Crippen LogP contribution >= 0.6 is 0 Å². The van der Waals surface area contributed by atoms with Crippen LogP contribution in [0, 0.1) is 0 Å². The molecule has 1 aliphatic heterocycles. The fourth-order valence-corrected chi connectivity index (χ4v) is 3.32. The molecule has 0 spiro atoms. The molecule has 1 saturated heterocycles. The van der Waals surface area contributed by atoms with E-state index in [1.807, 2.05) is 60.6 Å². The second-order valence-corrected chi connectivity index (χ2v) is 9.39. The molecule has 2 rings (SSSR count). The highest BCUT2D eigenvalue weighted by atomic mass is 16.6. The van der Waals surface area contributed by atoms with Crippen molar-refractivity contribution in [3.05, 3.63) is 23.9 Å². The summed E-state index contributed by atoms with van der Waals surface area (Å²) < 4.78 is 10.4. The number of esters is 1. The fraction of sp³-hybridized carbons (Fsp3) is 0.667. The van der Waals surface area contributed by atoms with E-state index in [1.165, 1.54) is 7.11 Å². The van der Waals surface area contributed by atoms with E-state index in [0.29, 0.717) is 19.6 Å². The monoisotopic (exact) mass is 391 g/mol. The summed E-state index contributed by atoms with van der Waals surface area (Å²) in [6.07, 6.45) is 1.43. The second kappa shape index (κ2) is 7.60. The van der Waals surface area contributed by atoms with Crippen LogP contribution in [0.5, 0.6) is 0 Å². The summed E-state index contributed by atoms with van der Waals surface area (Å²) >= 11 is 0. The Morgan fingerprint density at radius 1 is 1.11 bits per heavy atom. The van der Waals surface area contributed by atoms with Gasteiger partial charge in [-0.1, -0.05) is 6.07 Å². The summed E-state index contributed by atoms with van der Waals surface area (Å²) in [7, 11) is 1.39. The average molecular weight is 392 g/mol. The lowest BCUT2D eigenvalue weighted by molar-refractivity contribution is -0.146. The second-order valence-electron chi connectivity index (χ2n) is 9.39. The summed E-state index contributed by atoms with van der Waals surface area (Å²) in [4.78, 5) is 33.0. The maximum absolute atomic E-state index is 12.5. The average Bonchev–Trinajstić information content (AvgIpc) is 2.58. The number of rotatable bonds is 3. The summed E-state index contributed by atoms with van der Waals surface area (Å²) in [6, 6.07) is 3.83. The molecule has 0 saturated carbocycles. The quantitative estimate of drug-likeness (QED) is 0.736. The van der Waals surface area contributed by atoms with Gasteiger partial charge in [0.05, 0.1) is 18.1 Å². The minimum Gasteiger partial charge on any atom is -0.468 e. The zero-order valence-electron chi connectivity index (χ0n) is 18.3. The molecule has 28 heavy (non-hydrogen) atoms. The number of methoxy groups -OCH3 is 1. The minimum absolute atomic E-state index is 0.291. The van der Waals surface area contributed by atoms with Gasteiger partial charge in [-0.05, 0) is 60.1 Å². The molecule has 2 heterocycles. The van der Waals surface area contributed by atoms with Crippen molar-refractivity contribution in [2.45, 2.75) is 65.0 Å². The van der Waals surface area contributed by atoms with E-state index in [2.05, 4.69) is 9.88 Å². The molecular weight excluding hydrogens is 358 g/mol. The molecule has 1 aromatic heterocycles. The molecular formula is C21H33N3O4. The van der Waals surface area contributed by atoms with Crippen LogP contribution in [-0.2, 0) is 19.7 Å². The van der Waals surface area contributed by atoms with Crippen LogP contribution in [-0.4, -0.2) is 59.8 Å². The SMILES string of the molecule is COC(=O)C(C)(C)c1ccc(N2CCN(C(=O)OC(C)(C)C)C(C)(C)C2)nc1. The van der Waals surface area contributed by atoms with Crippen LogP contribution < -0.4 is 4.90 Å². The van der Waals surface area contributed by atoms with Crippen molar-refractivity contribution in [1.29, 1.82) is 0 Å². The van der Waals surface area contributed by atoms with E-state index in [1.54, 1.807) is 11.1 Å². The Morgan fingerprint density at radius 3 is 2.21 bits per heavy atom. The van der Waals surface area contributed by atoms with E-state index in [9.17, 15) is 9.59 Å². The van der Waals surface area contributed by atoms with Crippen molar-refractivity contribution >= 4 is 17.9 Å². The van der Waals surface area contributed by atoms with Gasteiger partial charge >= 0.3 is 12.1 Å². The predicted octanol–water partition coefficient (Wildman–Crippen LogP) is 3.37. The van der Waals surface area contributed by atoms with E-state index in [4.69, 9.17) is 9.47 Å². The first-order chi connectivity index (χ1) is 12.8. The minimum atomic E-state index is -0.755. The fourth-order valence-electron chi connectivity index (χ4n) is 3.32. The van der Waals surface area contributed by atoms with Gasteiger partial charge in [0.2, 0.25) is 0 Å². The number of piperazine rings is 1. The van der Waals surface area contributed by atoms with Gasteiger partial charge in [0.15, 0.2) is 0 Å². The van der Waals surface area contributed by atoms with Crippen LogP contribution in [0.2, 0.25) is 0 Å². The molecule has 0 atom stereocenters. The lowest BCUT2D eigenvalue weighted by atomic mass is 9.86. The van der Waals surface area contributed by atoms with Gasteiger partial charge in [-0.2, -0.15) is 0 Å². The van der Waals surface area contributed by atoms with E-state index >= 15 is 0 Å². The van der Waals surface area contributed by atoms with Crippen molar-refractivity contribution in [3.63, 3.8) is 0 Å². The topological polar surface area (TPSA) is 72.0 Å². The van der Waals surface area contributed by atoms with Gasteiger partial charge in [-0.3, -0.25) is 9.69 Å².